The molecule has 0 aromatic carbocycles. The Bertz CT molecular complexity index is 678. The van der Waals surface area contributed by atoms with Crippen molar-refractivity contribution < 1.29 is 38.1 Å². The van der Waals surface area contributed by atoms with Crippen LogP contribution in [0.4, 0.5) is 9.59 Å². The number of cyclic esters (lactones) is 1. The fourth-order valence-electron chi connectivity index (χ4n) is 3.38. The topological polar surface area (TPSA) is 101 Å². The minimum absolute atomic E-state index is 0.160. The van der Waals surface area contributed by atoms with Gasteiger partial charge in [0.15, 0.2) is 0 Å². The van der Waals surface area contributed by atoms with Crippen LogP contribution in [-0.4, -0.2) is 72.3 Å². The highest BCUT2D eigenvalue weighted by molar-refractivity contribution is 5.94. The number of ether oxygens (including phenoxy) is 5. The van der Waals surface area contributed by atoms with Crippen molar-refractivity contribution in [3.63, 3.8) is 0 Å². The fourth-order valence-corrected chi connectivity index (χ4v) is 3.38. The van der Waals surface area contributed by atoms with Crippen molar-refractivity contribution in [2.24, 2.45) is 0 Å². The second kappa shape index (κ2) is 11.8. The smallest absolute Gasteiger partial charge is 0.420 e. The van der Waals surface area contributed by atoms with Gasteiger partial charge < -0.3 is 23.7 Å². The lowest BCUT2D eigenvalue weighted by Gasteiger charge is -2.33. The van der Waals surface area contributed by atoms with Crippen LogP contribution in [0.25, 0.3) is 0 Å². The maximum Gasteiger partial charge on any atom is 0.420 e. The van der Waals surface area contributed by atoms with E-state index in [0.717, 1.165) is 10.5 Å². The standard InChI is InChI=1S/C24H41NO8/c1-15(2)14-30-18-13-11-12-17(20(26)31-16(3)19(18)29-10)25(21(27)32-23(4,5)6)22(28)33-24(7,8)9/h16-19H,1,11-14H2,2-10H3. The van der Waals surface area contributed by atoms with E-state index in [1.54, 1.807) is 48.5 Å². The Balaban J connectivity index is 3.26. The second-order valence-corrected chi connectivity index (χ2v) is 10.4. The first kappa shape index (κ1) is 28.9. The second-order valence-electron chi connectivity index (χ2n) is 10.4. The van der Waals surface area contributed by atoms with Gasteiger partial charge in [-0.05, 0) is 74.7 Å². The molecule has 0 radical (unpaired) electrons. The molecule has 190 valence electrons. The highest BCUT2D eigenvalue weighted by atomic mass is 16.6. The van der Waals surface area contributed by atoms with Gasteiger partial charge in [-0.1, -0.05) is 12.2 Å². The van der Waals surface area contributed by atoms with E-state index in [2.05, 4.69) is 6.58 Å². The predicted octanol–water partition coefficient (Wildman–Crippen LogP) is 4.62. The van der Waals surface area contributed by atoms with Gasteiger partial charge in [0.2, 0.25) is 0 Å². The molecule has 0 aliphatic carbocycles. The van der Waals surface area contributed by atoms with E-state index in [-0.39, 0.29) is 12.5 Å². The van der Waals surface area contributed by atoms with E-state index < -0.39 is 47.6 Å². The van der Waals surface area contributed by atoms with E-state index in [4.69, 9.17) is 23.7 Å². The molecule has 4 atom stereocenters. The molecular formula is C24H41NO8. The van der Waals surface area contributed by atoms with Crippen molar-refractivity contribution in [1.82, 2.24) is 4.90 Å². The van der Waals surface area contributed by atoms with Crippen molar-refractivity contribution in [3.05, 3.63) is 12.2 Å². The third-order valence-electron chi connectivity index (χ3n) is 4.68. The van der Waals surface area contributed by atoms with Gasteiger partial charge in [-0.25, -0.2) is 14.4 Å². The van der Waals surface area contributed by atoms with Gasteiger partial charge >= 0.3 is 18.2 Å². The van der Waals surface area contributed by atoms with Crippen LogP contribution < -0.4 is 0 Å². The summed E-state index contributed by atoms with van der Waals surface area (Å²) in [5.74, 6) is -0.734. The van der Waals surface area contributed by atoms with Crippen molar-refractivity contribution in [2.75, 3.05) is 13.7 Å². The minimum atomic E-state index is -1.21. The Morgan fingerprint density at radius 1 is 1.06 bits per heavy atom. The molecule has 1 saturated heterocycles. The maximum absolute atomic E-state index is 13.2. The maximum atomic E-state index is 13.2. The first-order valence-electron chi connectivity index (χ1n) is 11.3. The van der Waals surface area contributed by atoms with Crippen LogP contribution in [0.1, 0.15) is 74.7 Å². The highest BCUT2D eigenvalue weighted by Gasteiger charge is 2.43. The number of amides is 2. The molecule has 1 rings (SSSR count). The number of esters is 1. The summed E-state index contributed by atoms with van der Waals surface area (Å²) in [4.78, 5) is 39.9. The van der Waals surface area contributed by atoms with Crippen LogP contribution in [0.15, 0.2) is 12.2 Å². The SMILES string of the molecule is C=C(C)COC1CCCC(N(C(=O)OC(C)(C)C)C(=O)OC(C)(C)C)C(=O)OC(C)C1OC. The average Bonchev–Trinajstić information content (AvgIpc) is 2.66. The molecule has 4 unspecified atom stereocenters. The zero-order valence-electron chi connectivity index (χ0n) is 21.6. The van der Waals surface area contributed by atoms with Crippen LogP contribution in [0.2, 0.25) is 0 Å². The zero-order valence-corrected chi connectivity index (χ0v) is 21.6. The lowest BCUT2D eigenvalue weighted by Crippen LogP contribution is -2.53. The molecule has 1 aliphatic heterocycles. The number of nitrogens with zero attached hydrogens (tertiary/aromatic N) is 1. The summed E-state index contributed by atoms with van der Waals surface area (Å²) in [6.45, 7) is 17.8. The Hall–Kier alpha value is -2.13. The Kier molecular flexibility index (Phi) is 10.4. The van der Waals surface area contributed by atoms with E-state index >= 15 is 0 Å². The Labute approximate surface area is 197 Å². The molecule has 1 fully saturated rings. The molecule has 1 heterocycles. The number of carbonyl (C=O) groups is 3. The van der Waals surface area contributed by atoms with Gasteiger partial charge in [0.25, 0.3) is 0 Å². The van der Waals surface area contributed by atoms with Crippen molar-refractivity contribution in [1.29, 1.82) is 0 Å². The fraction of sp³-hybridized carbons (Fsp3) is 0.792. The molecule has 2 amide bonds. The molecule has 0 bridgehead atoms. The number of methoxy groups -OCH3 is 1. The molecule has 9 nitrogen and oxygen atoms in total. The third-order valence-corrected chi connectivity index (χ3v) is 4.68. The summed E-state index contributed by atoms with van der Waals surface area (Å²) in [6.07, 6.45) is -2.35. The minimum Gasteiger partial charge on any atom is -0.458 e. The molecule has 0 aromatic heterocycles. The molecular weight excluding hydrogens is 430 g/mol. The van der Waals surface area contributed by atoms with Gasteiger partial charge in [-0.15, -0.1) is 0 Å². The normalized spacial score (nSPS) is 24.6. The quantitative estimate of drug-likeness (QED) is 0.325. The lowest BCUT2D eigenvalue weighted by molar-refractivity contribution is -0.166. The van der Waals surface area contributed by atoms with Crippen LogP contribution >= 0.6 is 0 Å². The summed E-state index contributed by atoms with van der Waals surface area (Å²) in [6, 6.07) is -1.21. The summed E-state index contributed by atoms with van der Waals surface area (Å²) in [5, 5.41) is 0. The van der Waals surface area contributed by atoms with Crippen molar-refractivity contribution in [3.8, 4) is 0 Å². The Morgan fingerprint density at radius 3 is 2.00 bits per heavy atom. The molecule has 0 aromatic rings. The number of rotatable bonds is 5. The van der Waals surface area contributed by atoms with Crippen LogP contribution in [-0.2, 0) is 28.5 Å². The molecule has 33 heavy (non-hydrogen) atoms. The largest absolute Gasteiger partial charge is 0.458 e. The number of carbonyl (C=O) groups excluding carboxylic acids is 3. The monoisotopic (exact) mass is 471 g/mol. The predicted molar refractivity (Wildman–Crippen MR) is 123 cm³/mol. The van der Waals surface area contributed by atoms with E-state index in [1.807, 2.05) is 6.92 Å². The first-order valence-corrected chi connectivity index (χ1v) is 11.3. The van der Waals surface area contributed by atoms with E-state index in [9.17, 15) is 14.4 Å². The van der Waals surface area contributed by atoms with Crippen LogP contribution in [0, 0.1) is 0 Å². The van der Waals surface area contributed by atoms with Crippen molar-refractivity contribution in [2.45, 2.75) is 110 Å². The third kappa shape index (κ3) is 9.71. The van der Waals surface area contributed by atoms with Gasteiger partial charge in [-0.3, -0.25) is 0 Å². The molecule has 9 heteroatoms. The first-order chi connectivity index (χ1) is 15.1. The summed E-state index contributed by atoms with van der Waals surface area (Å²) < 4.78 is 28.0. The number of hydrogen-bond donors (Lipinski definition) is 0. The van der Waals surface area contributed by atoms with Crippen LogP contribution in [0.5, 0.6) is 0 Å². The Morgan fingerprint density at radius 2 is 1.58 bits per heavy atom. The highest BCUT2D eigenvalue weighted by Crippen LogP contribution is 2.26. The van der Waals surface area contributed by atoms with E-state index in [0.29, 0.717) is 19.4 Å². The zero-order chi connectivity index (χ0) is 25.6. The lowest BCUT2D eigenvalue weighted by atomic mass is 10.0. The summed E-state index contributed by atoms with van der Waals surface area (Å²) in [7, 11) is 1.52. The van der Waals surface area contributed by atoms with E-state index in [1.165, 1.54) is 7.11 Å². The van der Waals surface area contributed by atoms with Crippen LogP contribution in [0.3, 0.4) is 0 Å². The summed E-state index contributed by atoms with van der Waals surface area (Å²) in [5.41, 5.74) is -0.904. The van der Waals surface area contributed by atoms with Crippen molar-refractivity contribution >= 4 is 18.2 Å². The van der Waals surface area contributed by atoms with Gasteiger partial charge in [-0.2, -0.15) is 4.90 Å². The van der Waals surface area contributed by atoms with Gasteiger partial charge in [0.05, 0.1) is 12.7 Å². The number of hydrogen-bond acceptors (Lipinski definition) is 8. The van der Waals surface area contributed by atoms with Gasteiger partial charge in [0.1, 0.15) is 29.5 Å². The molecule has 0 N–H and O–H groups in total. The number of imide groups is 1. The summed E-state index contributed by atoms with van der Waals surface area (Å²) >= 11 is 0. The average molecular weight is 472 g/mol. The molecule has 0 saturated carbocycles. The molecule has 1 aliphatic rings. The van der Waals surface area contributed by atoms with Gasteiger partial charge in [0, 0.05) is 7.11 Å². The molecule has 0 spiro atoms.